The molecule has 4 heteroatoms. The summed E-state index contributed by atoms with van der Waals surface area (Å²) in [6, 6.07) is 6.68. The van der Waals surface area contributed by atoms with Crippen molar-refractivity contribution in [3.63, 3.8) is 0 Å². The Kier molecular flexibility index (Phi) is 5.38. The van der Waals surface area contributed by atoms with E-state index in [0.29, 0.717) is 11.4 Å². The summed E-state index contributed by atoms with van der Waals surface area (Å²) in [6.45, 7) is 6.21. The molecule has 0 aliphatic heterocycles. The van der Waals surface area contributed by atoms with Gasteiger partial charge in [0.25, 0.3) is 0 Å². The lowest BCUT2D eigenvalue weighted by Crippen LogP contribution is -2.24. The van der Waals surface area contributed by atoms with Crippen LogP contribution in [0, 0.1) is 0 Å². The van der Waals surface area contributed by atoms with Crippen LogP contribution in [0.1, 0.15) is 31.7 Å². The molecule has 0 saturated heterocycles. The molecule has 1 N–H and O–H groups in total. The standard InChI is InChI=1S/C13H19NO2S/c1-3-5-6-11-14-17(15,16)13-9-7-12(4-2)8-10-13/h4,7-10,14H,2-3,5-6,11H2,1H3. The zero-order chi connectivity index (χ0) is 12.7. The molecule has 0 unspecified atom stereocenters. The molecule has 0 aliphatic rings. The third kappa shape index (κ3) is 4.32. The molecule has 1 aromatic carbocycles. The largest absolute Gasteiger partial charge is 0.240 e. The molecule has 0 aliphatic carbocycles. The second-order valence-corrected chi connectivity index (χ2v) is 5.64. The molecule has 94 valence electrons. The molecular formula is C13H19NO2S. The van der Waals surface area contributed by atoms with E-state index in [9.17, 15) is 8.42 Å². The van der Waals surface area contributed by atoms with Gasteiger partial charge >= 0.3 is 0 Å². The first-order valence-electron chi connectivity index (χ1n) is 5.82. The van der Waals surface area contributed by atoms with Crippen molar-refractivity contribution in [2.75, 3.05) is 6.54 Å². The topological polar surface area (TPSA) is 46.2 Å². The van der Waals surface area contributed by atoms with E-state index in [1.54, 1.807) is 30.3 Å². The lowest BCUT2D eigenvalue weighted by Gasteiger charge is -2.06. The number of benzene rings is 1. The number of unbranched alkanes of at least 4 members (excludes halogenated alkanes) is 2. The van der Waals surface area contributed by atoms with Gasteiger partial charge in [0.05, 0.1) is 4.90 Å². The molecule has 0 atom stereocenters. The van der Waals surface area contributed by atoms with Crippen molar-refractivity contribution in [2.24, 2.45) is 0 Å². The van der Waals surface area contributed by atoms with E-state index in [4.69, 9.17) is 0 Å². The van der Waals surface area contributed by atoms with Crippen LogP contribution in [0.25, 0.3) is 6.08 Å². The van der Waals surface area contributed by atoms with Gasteiger partial charge in [0.1, 0.15) is 0 Å². The second kappa shape index (κ2) is 6.57. The van der Waals surface area contributed by atoms with Gasteiger partial charge in [-0.25, -0.2) is 13.1 Å². The van der Waals surface area contributed by atoms with Gasteiger partial charge in [0.2, 0.25) is 10.0 Å². The van der Waals surface area contributed by atoms with Crippen LogP contribution in [-0.2, 0) is 10.0 Å². The smallest absolute Gasteiger partial charge is 0.211 e. The molecule has 1 aromatic rings. The summed E-state index contributed by atoms with van der Waals surface area (Å²) >= 11 is 0. The van der Waals surface area contributed by atoms with Gasteiger partial charge in [-0.1, -0.05) is 44.6 Å². The number of hydrogen-bond acceptors (Lipinski definition) is 2. The fourth-order valence-corrected chi connectivity index (χ4v) is 2.52. The average molecular weight is 253 g/mol. The lowest BCUT2D eigenvalue weighted by atomic mass is 10.2. The van der Waals surface area contributed by atoms with Crippen LogP contribution in [0.2, 0.25) is 0 Å². The zero-order valence-electron chi connectivity index (χ0n) is 10.1. The molecule has 0 radical (unpaired) electrons. The predicted molar refractivity (Wildman–Crippen MR) is 71.2 cm³/mol. The van der Waals surface area contributed by atoms with Gasteiger partial charge in [-0.2, -0.15) is 0 Å². The molecule has 3 nitrogen and oxygen atoms in total. The van der Waals surface area contributed by atoms with Crippen molar-refractivity contribution in [1.82, 2.24) is 4.72 Å². The summed E-state index contributed by atoms with van der Waals surface area (Å²) in [5.41, 5.74) is 0.912. The molecule has 0 bridgehead atoms. The van der Waals surface area contributed by atoms with Crippen molar-refractivity contribution >= 4 is 16.1 Å². The van der Waals surface area contributed by atoms with Gasteiger partial charge in [-0.05, 0) is 24.1 Å². The van der Waals surface area contributed by atoms with E-state index >= 15 is 0 Å². The minimum atomic E-state index is -3.35. The molecular weight excluding hydrogens is 234 g/mol. The molecule has 0 spiro atoms. The van der Waals surface area contributed by atoms with Crippen LogP contribution in [0.3, 0.4) is 0 Å². The number of sulfonamides is 1. The van der Waals surface area contributed by atoms with Gasteiger partial charge < -0.3 is 0 Å². The molecule has 17 heavy (non-hydrogen) atoms. The average Bonchev–Trinajstić information content (AvgIpc) is 2.35. The van der Waals surface area contributed by atoms with Gasteiger partial charge in [-0.3, -0.25) is 0 Å². The Hall–Kier alpha value is -1.13. The third-order valence-electron chi connectivity index (χ3n) is 2.50. The van der Waals surface area contributed by atoms with Crippen LogP contribution in [0.4, 0.5) is 0 Å². The van der Waals surface area contributed by atoms with Gasteiger partial charge in [0.15, 0.2) is 0 Å². The van der Waals surface area contributed by atoms with E-state index in [1.807, 2.05) is 0 Å². The first-order chi connectivity index (χ1) is 8.10. The fraction of sp³-hybridized carbons (Fsp3) is 0.385. The lowest BCUT2D eigenvalue weighted by molar-refractivity contribution is 0.576. The first-order valence-corrected chi connectivity index (χ1v) is 7.30. The minimum Gasteiger partial charge on any atom is -0.211 e. The molecule has 0 aromatic heterocycles. The summed E-state index contributed by atoms with van der Waals surface area (Å²) < 4.78 is 26.3. The van der Waals surface area contributed by atoms with E-state index in [0.717, 1.165) is 24.8 Å². The van der Waals surface area contributed by atoms with Gasteiger partial charge in [-0.15, -0.1) is 0 Å². The third-order valence-corrected chi connectivity index (χ3v) is 3.98. The Morgan fingerprint density at radius 2 is 1.88 bits per heavy atom. The van der Waals surface area contributed by atoms with E-state index in [-0.39, 0.29) is 0 Å². The Labute approximate surface area is 104 Å². The van der Waals surface area contributed by atoms with Crippen molar-refractivity contribution in [3.05, 3.63) is 36.4 Å². The predicted octanol–water partition coefficient (Wildman–Crippen LogP) is 2.80. The molecule has 0 saturated carbocycles. The quantitative estimate of drug-likeness (QED) is 0.759. The Bertz CT molecular complexity index is 449. The summed E-state index contributed by atoms with van der Waals surface area (Å²) in [7, 11) is -3.35. The Morgan fingerprint density at radius 3 is 2.41 bits per heavy atom. The summed E-state index contributed by atoms with van der Waals surface area (Å²) in [5.74, 6) is 0. The monoisotopic (exact) mass is 253 g/mol. The van der Waals surface area contributed by atoms with E-state index in [2.05, 4.69) is 18.2 Å². The SMILES string of the molecule is C=Cc1ccc(S(=O)(=O)NCCCCC)cc1. The second-order valence-electron chi connectivity index (χ2n) is 3.88. The Balaban J connectivity index is 2.65. The minimum absolute atomic E-state index is 0.305. The number of nitrogens with one attached hydrogen (secondary N) is 1. The van der Waals surface area contributed by atoms with Crippen molar-refractivity contribution in [1.29, 1.82) is 0 Å². The summed E-state index contributed by atoms with van der Waals surface area (Å²) in [5, 5.41) is 0. The maximum absolute atomic E-state index is 11.9. The molecule has 0 amide bonds. The van der Waals surface area contributed by atoms with Crippen molar-refractivity contribution < 1.29 is 8.42 Å². The van der Waals surface area contributed by atoms with Gasteiger partial charge in [0, 0.05) is 6.54 Å². The highest BCUT2D eigenvalue weighted by atomic mass is 32.2. The number of hydrogen-bond donors (Lipinski definition) is 1. The highest BCUT2D eigenvalue weighted by Gasteiger charge is 2.12. The van der Waals surface area contributed by atoms with Crippen LogP contribution in [-0.4, -0.2) is 15.0 Å². The normalized spacial score (nSPS) is 11.4. The van der Waals surface area contributed by atoms with Crippen molar-refractivity contribution in [3.8, 4) is 0 Å². The summed E-state index contributed by atoms with van der Waals surface area (Å²) in [6.07, 6.45) is 4.68. The number of rotatable bonds is 7. The Morgan fingerprint density at radius 1 is 1.24 bits per heavy atom. The van der Waals surface area contributed by atoms with Crippen LogP contribution in [0.5, 0.6) is 0 Å². The molecule has 0 heterocycles. The highest BCUT2D eigenvalue weighted by molar-refractivity contribution is 7.89. The van der Waals surface area contributed by atoms with Crippen LogP contribution < -0.4 is 4.72 Å². The van der Waals surface area contributed by atoms with E-state index in [1.165, 1.54) is 0 Å². The summed E-state index contributed by atoms with van der Waals surface area (Å²) in [4.78, 5) is 0.305. The maximum atomic E-state index is 11.9. The zero-order valence-corrected chi connectivity index (χ0v) is 11.0. The highest BCUT2D eigenvalue weighted by Crippen LogP contribution is 2.11. The maximum Gasteiger partial charge on any atom is 0.240 e. The molecule has 0 fully saturated rings. The fourth-order valence-electron chi connectivity index (χ4n) is 1.45. The van der Waals surface area contributed by atoms with Crippen LogP contribution in [0.15, 0.2) is 35.7 Å². The van der Waals surface area contributed by atoms with Crippen molar-refractivity contribution in [2.45, 2.75) is 31.1 Å². The molecule has 1 rings (SSSR count). The van der Waals surface area contributed by atoms with E-state index < -0.39 is 10.0 Å². The van der Waals surface area contributed by atoms with Crippen LogP contribution >= 0.6 is 0 Å². The first kappa shape index (κ1) is 13.9.